The van der Waals surface area contributed by atoms with Crippen molar-refractivity contribution in [1.82, 2.24) is 9.71 Å². The normalized spacial score (nSPS) is 11.7. The van der Waals surface area contributed by atoms with Crippen LogP contribution in [-0.4, -0.2) is 18.5 Å². The van der Waals surface area contributed by atoms with Gasteiger partial charge in [-0.25, -0.2) is 18.1 Å². The van der Waals surface area contributed by atoms with Crippen LogP contribution in [0.15, 0.2) is 46.0 Å². The molecule has 0 bridgehead atoms. The maximum atomic E-state index is 12.3. The number of phenolic OH excluding ortho intramolecular Hbond substituents is 1. The molecule has 3 rings (SSSR count). The Hall–Kier alpha value is -1.74. The van der Waals surface area contributed by atoms with Gasteiger partial charge in [-0.05, 0) is 42.8 Å². The van der Waals surface area contributed by atoms with E-state index in [2.05, 4.69) is 9.71 Å². The number of hydrogen-bond acceptors (Lipinski definition) is 6. The second kappa shape index (κ2) is 7.02. The third-order valence-corrected chi connectivity index (χ3v) is 7.35. The summed E-state index contributed by atoms with van der Waals surface area (Å²) in [5.74, 6) is 0.198. The minimum absolute atomic E-state index is 0.157. The highest BCUT2D eigenvalue weighted by molar-refractivity contribution is 7.91. The van der Waals surface area contributed by atoms with Gasteiger partial charge in [0.1, 0.15) is 15.0 Å². The third kappa shape index (κ3) is 3.84. The molecule has 0 saturated carbocycles. The minimum atomic E-state index is -3.51. The molecule has 0 aliphatic carbocycles. The molecule has 0 saturated heterocycles. The highest BCUT2D eigenvalue weighted by atomic mass is 32.2. The molecule has 0 atom stereocenters. The molecule has 0 spiro atoms. The van der Waals surface area contributed by atoms with Gasteiger partial charge >= 0.3 is 0 Å². The van der Waals surface area contributed by atoms with E-state index in [-0.39, 0.29) is 12.3 Å². The topological polar surface area (TPSA) is 79.3 Å². The van der Waals surface area contributed by atoms with Crippen LogP contribution in [0.4, 0.5) is 0 Å². The van der Waals surface area contributed by atoms with E-state index in [9.17, 15) is 13.5 Å². The van der Waals surface area contributed by atoms with Crippen LogP contribution < -0.4 is 4.72 Å². The zero-order chi connectivity index (χ0) is 17.2. The van der Waals surface area contributed by atoms with Crippen molar-refractivity contribution in [2.75, 3.05) is 0 Å². The maximum Gasteiger partial charge on any atom is 0.250 e. The summed E-state index contributed by atoms with van der Waals surface area (Å²) in [4.78, 5) is 5.48. The summed E-state index contributed by atoms with van der Waals surface area (Å²) in [5.41, 5.74) is 1.64. The number of aryl methyl sites for hydroxylation is 1. The average Bonchev–Trinajstić information content (AvgIpc) is 3.23. The van der Waals surface area contributed by atoms with Crippen LogP contribution in [0.1, 0.15) is 16.8 Å². The van der Waals surface area contributed by atoms with Crippen LogP contribution in [0.2, 0.25) is 0 Å². The van der Waals surface area contributed by atoms with Crippen molar-refractivity contribution >= 4 is 32.7 Å². The van der Waals surface area contributed by atoms with E-state index in [1.54, 1.807) is 30.3 Å². The quantitative estimate of drug-likeness (QED) is 0.684. The maximum absolute atomic E-state index is 12.3. The first-order valence-electron chi connectivity index (χ1n) is 7.30. The standard InChI is InChI=1S/C16H16N2O3S3/c1-2-13-7-8-16(23-13)24(20,21)17-9-15-18-14(10-22-15)11-3-5-12(19)6-4-11/h3-8,10,17,19H,2,9H2,1H3. The Morgan fingerprint density at radius 2 is 1.92 bits per heavy atom. The summed E-state index contributed by atoms with van der Waals surface area (Å²) in [6.07, 6.45) is 0.822. The summed E-state index contributed by atoms with van der Waals surface area (Å²) >= 11 is 2.68. The van der Waals surface area contributed by atoms with Gasteiger partial charge in [0.2, 0.25) is 10.0 Å². The molecule has 1 aromatic carbocycles. The Morgan fingerprint density at radius 3 is 2.58 bits per heavy atom. The minimum Gasteiger partial charge on any atom is -0.508 e. The molecule has 3 aromatic rings. The molecule has 0 aliphatic heterocycles. The number of nitrogens with zero attached hydrogens (tertiary/aromatic N) is 1. The number of sulfonamides is 1. The number of nitrogens with one attached hydrogen (secondary N) is 1. The van der Waals surface area contributed by atoms with Crippen molar-refractivity contribution in [3.05, 3.63) is 51.7 Å². The highest BCUT2D eigenvalue weighted by Crippen LogP contribution is 2.25. The smallest absolute Gasteiger partial charge is 0.250 e. The Labute approximate surface area is 148 Å². The molecule has 2 N–H and O–H groups in total. The van der Waals surface area contributed by atoms with Crippen molar-refractivity contribution in [3.8, 4) is 17.0 Å². The number of thiophene rings is 1. The van der Waals surface area contributed by atoms with Gasteiger partial charge in [0, 0.05) is 15.8 Å². The monoisotopic (exact) mass is 380 g/mol. The molecule has 126 valence electrons. The highest BCUT2D eigenvalue weighted by Gasteiger charge is 2.17. The zero-order valence-electron chi connectivity index (χ0n) is 12.9. The molecule has 0 unspecified atom stereocenters. The molecule has 8 heteroatoms. The van der Waals surface area contributed by atoms with Crippen molar-refractivity contribution in [2.45, 2.75) is 24.1 Å². The van der Waals surface area contributed by atoms with E-state index in [4.69, 9.17) is 0 Å². The van der Waals surface area contributed by atoms with Crippen molar-refractivity contribution in [3.63, 3.8) is 0 Å². The third-order valence-electron chi connectivity index (χ3n) is 3.38. The second-order valence-corrected chi connectivity index (χ2v) is 9.18. The molecule has 2 heterocycles. The van der Waals surface area contributed by atoms with Gasteiger partial charge in [-0.3, -0.25) is 0 Å². The van der Waals surface area contributed by atoms with E-state index < -0.39 is 10.0 Å². The Morgan fingerprint density at radius 1 is 1.17 bits per heavy atom. The summed E-state index contributed by atoms with van der Waals surface area (Å²) in [6.45, 7) is 2.15. The van der Waals surface area contributed by atoms with Crippen molar-refractivity contribution < 1.29 is 13.5 Å². The number of rotatable bonds is 6. The second-order valence-electron chi connectivity index (χ2n) is 5.07. The number of benzene rings is 1. The zero-order valence-corrected chi connectivity index (χ0v) is 15.3. The Bertz CT molecular complexity index is 928. The molecule has 2 aromatic heterocycles. The average molecular weight is 381 g/mol. The molecular formula is C16H16N2O3S3. The lowest BCUT2D eigenvalue weighted by Gasteiger charge is -2.02. The van der Waals surface area contributed by atoms with Crippen LogP contribution in [-0.2, 0) is 23.0 Å². The Balaban J connectivity index is 1.70. The number of phenols is 1. The molecular weight excluding hydrogens is 364 g/mol. The predicted octanol–water partition coefficient (Wildman–Crippen LogP) is 3.62. The fourth-order valence-corrected chi connectivity index (χ4v) is 5.24. The summed E-state index contributed by atoms with van der Waals surface area (Å²) in [6, 6.07) is 10.2. The van der Waals surface area contributed by atoms with Gasteiger partial charge in [-0.1, -0.05) is 6.92 Å². The summed E-state index contributed by atoms with van der Waals surface area (Å²) < 4.78 is 27.5. The van der Waals surface area contributed by atoms with Gasteiger partial charge in [-0.15, -0.1) is 22.7 Å². The summed E-state index contributed by atoms with van der Waals surface area (Å²) in [7, 11) is -3.51. The summed E-state index contributed by atoms with van der Waals surface area (Å²) in [5, 5.41) is 11.9. The number of aromatic nitrogens is 1. The Kier molecular flexibility index (Phi) is 5.00. The molecule has 5 nitrogen and oxygen atoms in total. The van der Waals surface area contributed by atoms with E-state index in [0.29, 0.717) is 9.22 Å². The van der Waals surface area contributed by atoms with Crippen LogP contribution in [0.3, 0.4) is 0 Å². The van der Waals surface area contributed by atoms with Crippen LogP contribution in [0.25, 0.3) is 11.3 Å². The lowest BCUT2D eigenvalue weighted by Crippen LogP contribution is -2.22. The molecule has 0 aliphatic rings. The van der Waals surface area contributed by atoms with Gasteiger partial charge in [0.05, 0.1) is 12.2 Å². The van der Waals surface area contributed by atoms with E-state index >= 15 is 0 Å². The van der Waals surface area contributed by atoms with Crippen LogP contribution in [0.5, 0.6) is 5.75 Å². The molecule has 0 radical (unpaired) electrons. The van der Waals surface area contributed by atoms with Crippen LogP contribution >= 0.6 is 22.7 Å². The van der Waals surface area contributed by atoms with Gasteiger partial charge < -0.3 is 5.11 Å². The first-order chi connectivity index (χ1) is 11.5. The fraction of sp³-hybridized carbons (Fsp3) is 0.188. The largest absolute Gasteiger partial charge is 0.508 e. The predicted molar refractivity (Wildman–Crippen MR) is 96.9 cm³/mol. The number of thiazole rings is 1. The van der Waals surface area contributed by atoms with Gasteiger partial charge in [-0.2, -0.15) is 0 Å². The van der Waals surface area contributed by atoms with Crippen LogP contribution in [0, 0.1) is 0 Å². The van der Waals surface area contributed by atoms with Gasteiger partial charge in [0.15, 0.2) is 0 Å². The number of aromatic hydroxyl groups is 1. The molecule has 24 heavy (non-hydrogen) atoms. The van der Waals surface area contributed by atoms with Gasteiger partial charge in [0.25, 0.3) is 0 Å². The number of hydrogen-bond donors (Lipinski definition) is 2. The fourth-order valence-electron chi connectivity index (χ4n) is 2.08. The lowest BCUT2D eigenvalue weighted by atomic mass is 10.2. The lowest BCUT2D eigenvalue weighted by molar-refractivity contribution is 0.475. The van der Waals surface area contributed by atoms with Crippen molar-refractivity contribution in [1.29, 1.82) is 0 Å². The molecule has 0 fully saturated rings. The molecule has 0 amide bonds. The first-order valence-corrected chi connectivity index (χ1v) is 10.5. The van der Waals surface area contributed by atoms with E-state index in [1.165, 1.54) is 22.7 Å². The van der Waals surface area contributed by atoms with E-state index in [1.807, 2.05) is 18.4 Å². The first kappa shape index (κ1) is 17.1. The van der Waals surface area contributed by atoms with E-state index in [0.717, 1.165) is 22.6 Å². The van der Waals surface area contributed by atoms with Crippen molar-refractivity contribution in [2.24, 2.45) is 0 Å². The SMILES string of the molecule is CCc1ccc(S(=O)(=O)NCc2nc(-c3ccc(O)cc3)cs2)s1.